The van der Waals surface area contributed by atoms with Gasteiger partial charge in [-0.2, -0.15) is 0 Å². The van der Waals surface area contributed by atoms with Crippen molar-refractivity contribution in [2.45, 2.75) is 38.5 Å². The van der Waals surface area contributed by atoms with Crippen molar-refractivity contribution in [2.24, 2.45) is 5.41 Å². The standard InChI is InChI=1S/C16H23FN2O/c1-20-15-9-14-13(8-12(15)17)18-10-16(11-19-14)6-4-2-3-5-7-16/h8-9,18-19H,2-7,10-11H2,1H3. The van der Waals surface area contributed by atoms with E-state index < -0.39 is 0 Å². The Balaban J connectivity index is 1.83. The van der Waals surface area contributed by atoms with Crippen LogP contribution < -0.4 is 15.4 Å². The molecule has 0 saturated heterocycles. The van der Waals surface area contributed by atoms with Crippen LogP contribution >= 0.6 is 0 Å². The zero-order valence-corrected chi connectivity index (χ0v) is 12.1. The minimum atomic E-state index is -0.308. The number of rotatable bonds is 1. The molecule has 0 radical (unpaired) electrons. The van der Waals surface area contributed by atoms with E-state index in [9.17, 15) is 4.39 Å². The maximum Gasteiger partial charge on any atom is 0.167 e. The van der Waals surface area contributed by atoms with Gasteiger partial charge in [-0.25, -0.2) is 4.39 Å². The Kier molecular flexibility index (Phi) is 3.72. The van der Waals surface area contributed by atoms with Crippen molar-refractivity contribution in [3.8, 4) is 5.75 Å². The second kappa shape index (κ2) is 5.51. The molecule has 1 aliphatic heterocycles. The monoisotopic (exact) mass is 278 g/mol. The van der Waals surface area contributed by atoms with Crippen molar-refractivity contribution >= 4 is 11.4 Å². The van der Waals surface area contributed by atoms with E-state index in [1.54, 1.807) is 6.07 Å². The molecular formula is C16H23FN2O. The highest BCUT2D eigenvalue weighted by molar-refractivity contribution is 5.72. The molecule has 1 fully saturated rings. The normalized spacial score (nSPS) is 21.1. The molecule has 0 unspecified atom stereocenters. The summed E-state index contributed by atoms with van der Waals surface area (Å²) < 4.78 is 18.9. The van der Waals surface area contributed by atoms with Gasteiger partial charge in [0.1, 0.15) is 0 Å². The van der Waals surface area contributed by atoms with E-state index in [-0.39, 0.29) is 5.82 Å². The van der Waals surface area contributed by atoms with Gasteiger partial charge in [0.05, 0.1) is 18.5 Å². The topological polar surface area (TPSA) is 33.3 Å². The molecule has 3 nitrogen and oxygen atoms in total. The van der Waals surface area contributed by atoms with Crippen LogP contribution in [0.3, 0.4) is 0 Å². The molecule has 110 valence electrons. The third-order valence-electron chi connectivity index (χ3n) is 4.76. The van der Waals surface area contributed by atoms with Gasteiger partial charge in [0, 0.05) is 30.6 Å². The molecule has 0 atom stereocenters. The number of nitrogens with one attached hydrogen (secondary N) is 2. The molecule has 4 heteroatoms. The number of fused-ring (bicyclic) bond motifs is 1. The van der Waals surface area contributed by atoms with Crippen LogP contribution in [0.25, 0.3) is 0 Å². The van der Waals surface area contributed by atoms with Crippen LogP contribution in [-0.2, 0) is 0 Å². The van der Waals surface area contributed by atoms with E-state index in [0.717, 1.165) is 24.5 Å². The van der Waals surface area contributed by atoms with Gasteiger partial charge >= 0.3 is 0 Å². The molecule has 0 aromatic heterocycles. The molecule has 0 amide bonds. The Hall–Kier alpha value is -1.45. The number of ether oxygens (including phenoxy) is 1. The van der Waals surface area contributed by atoms with Crippen molar-refractivity contribution in [1.82, 2.24) is 0 Å². The summed E-state index contributed by atoms with van der Waals surface area (Å²) in [5.74, 6) is -0.00719. The summed E-state index contributed by atoms with van der Waals surface area (Å²) in [5.41, 5.74) is 2.10. The van der Waals surface area contributed by atoms with Crippen molar-refractivity contribution in [3.63, 3.8) is 0 Å². The van der Waals surface area contributed by atoms with E-state index in [1.165, 1.54) is 51.7 Å². The zero-order chi connectivity index (χ0) is 14.0. The second-order valence-corrected chi connectivity index (χ2v) is 6.15. The molecule has 1 aromatic carbocycles. The number of hydrogen-bond donors (Lipinski definition) is 2. The number of halogens is 1. The summed E-state index contributed by atoms with van der Waals surface area (Å²) in [6.45, 7) is 1.89. The third kappa shape index (κ3) is 2.56. The van der Waals surface area contributed by atoms with Crippen LogP contribution in [0.15, 0.2) is 12.1 Å². The molecule has 3 rings (SSSR count). The van der Waals surface area contributed by atoms with Crippen molar-refractivity contribution in [1.29, 1.82) is 0 Å². The SMILES string of the molecule is COc1cc2c(cc1F)NCC1(CCCCCC1)CN2. The van der Waals surface area contributed by atoms with Crippen molar-refractivity contribution in [3.05, 3.63) is 17.9 Å². The Bertz CT molecular complexity index is 482. The largest absolute Gasteiger partial charge is 0.494 e. The molecule has 2 N–H and O–H groups in total. The summed E-state index contributed by atoms with van der Waals surface area (Å²) in [5, 5.41) is 6.95. The lowest BCUT2D eigenvalue weighted by Gasteiger charge is -2.31. The molecule has 1 aliphatic carbocycles. The second-order valence-electron chi connectivity index (χ2n) is 6.15. The summed E-state index contributed by atoms with van der Waals surface area (Å²) >= 11 is 0. The Labute approximate surface area is 119 Å². The van der Waals surface area contributed by atoms with Crippen LogP contribution in [0.1, 0.15) is 38.5 Å². The van der Waals surface area contributed by atoms with Crippen molar-refractivity contribution in [2.75, 3.05) is 30.8 Å². The minimum Gasteiger partial charge on any atom is -0.494 e. The molecule has 1 aromatic rings. The predicted octanol–water partition coefficient (Wildman–Crippen LogP) is 4.01. The van der Waals surface area contributed by atoms with E-state index in [1.807, 2.05) is 0 Å². The van der Waals surface area contributed by atoms with Gasteiger partial charge in [-0.15, -0.1) is 0 Å². The highest BCUT2D eigenvalue weighted by Crippen LogP contribution is 2.40. The van der Waals surface area contributed by atoms with E-state index in [0.29, 0.717) is 11.2 Å². The fraction of sp³-hybridized carbons (Fsp3) is 0.625. The van der Waals surface area contributed by atoms with Gasteiger partial charge < -0.3 is 15.4 Å². The van der Waals surface area contributed by atoms with E-state index >= 15 is 0 Å². The quantitative estimate of drug-likeness (QED) is 0.814. The zero-order valence-electron chi connectivity index (χ0n) is 12.1. The first-order chi connectivity index (χ1) is 9.72. The molecule has 0 bridgehead atoms. The first-order valence-corrected chi connectivity index (χ1v) is 7.58. The van der Waals surface area contributed by atoms with Gasteiger partial charge in [0.25, 0.3) is 0 Å². The predicted molar refractivity (Wildman–Crippen MR) is 80.1 cm³/mol. The lowest BCUT2D eigenvalue weighted by atomic mass is 9.80. The maximum absolute atomic E-state index is 13.8. The van der Waals surface area contributed by atoms with Gasteiger partial charge in [-0.3, -0.25) is 0 Å². The summed E-state index contributed by atoms with van der Waals surface area (Å²) in [7, 11) is 1.50. The van der Waals surface area contributed by atoms with Crippen LogP contribution in [0, 0.1) is 11.2 Å². The van der Waals surface area contributed by atoms with Crippen molar-refractivity contribution < 1.29 is 9.13 Å². The Morgan fingerprint density at radius 1 is 1.00 bits per heavy atom. The van der Waals surface area contributed by atoms with E-state index in [4.69, 9.17) is 4.74 Å². The lowest BCUT2D eigenvalue weighted by Crippen LogP contribution is -2.34. The number of hydrogen-bond acceptors (Lipinski definition) is 3. The highest BCUT2D eigenvalue weighted by Gasteiger charge is 2.33. The first-order valence-electron chi connectivity index (χ1n) is 7.58. The minimum absolute atomic E-state index is 0.301. The molecule has 1 heterocycles. The Morgan fingerprint density at radius 2 is 1.60 bits per heavy atom. The smallest absolute Gasteiger partial charge is 0.167 e. The maximum atomic E-state index is 13.8. The summed E-state index contributed by atoms with van der Waals surface area (Å²) in [6.07, 6.45) is 7.80. The van der Waals surface area contributed by atoms with Gasteiger partial charge in [-0.05, 0) is 12.8 Å². The average molecular weight is 278 g/mol. The molecular weight excluding hydrogens is 255 g/mol. The van der Waals surface area contributed by atoms with Crippen LogP contribution in [0.5, 0.6) is 5.75 Å². The fourth-order valence-electron chi connectivity index (χ4n) is 3.46. The summed E-state index contributed by atoms with van der Waals surface area (Å²) in [4.78, 5) is 0. The van der Waals surface area contributed by atoms with Gasteiger partial charge in [-0.1, -0.05) is 25.7 Å². The number of methoxy groups -OCH3 is 1. The lowest BCUT2D eigenvalue weighted by molar-refractivity contribution is 0.286. The molecule has 1 saturated carbocycles. The van der Waals surface area contributed by atoms with Crippen LogP contribution in [0.4, 0.5) is 15.8 Å². The van der Waals surface area contributed by atoms with E-state index in [2.05, 4.69) is 10.6 Å². The summed E-state index contributed by atoms with van der Waals surface area (Å²) in [6, 6.07) is 3.30. The average Bonchev–Trinajstić information content (AvgIpc) is 2.79. The molecule has 2 aliphatic rings. The third-order valence-corrected chi connectivity index (χ3v) is 4.76. The molecule has 20 heavy (non-hydrogen) atoms. The van der Waals surface area contributed by atoms with Crippen LogP contribution in [0.2, 0.25) is 0 Å². The Morgan fingerprint density at radius 3 is 2.20 bits per heavy atom. The number of anilines is 2. The highest BCUT2D eigenvalue weighted by atomic mass is 19.1. The fourth-order valence-corrected chi connectivity index (χ4v) is 3.46. The number of benzene rings is 1. The van der Waals surface area contributed by atoms with Gasteiger partial charge in [0.15, 0.2) is 11.6 Å². The van der Waals surface area contributed by atoms with Gasteiger partial charge in [0.2, 0.25) is 0 Å². The molecule has 1 spiro atoms. The van der Waals surface area contributed by atoms with Crippen LogP contribution in [-0.4, -0.2) is 20.2 Å². The first kappa shape index (κ1) is 13.5.